The molecule has 0 aliphatic carbocycles. The van der Waals surface area contributed by atoms with E-state index in [1.807, 2.05) is 36.5 Å². The third-order valence-electron chi connectivity index (χ3n) is 2.03. The summed E-state index contributed by atoms with van der Waals surface area (Å²) in [5.74, 6) is 0.757. The van der Waals surface area contributed by atoms with Crippen LogP contribution in [0, 0.1) is 0 Å². The van der Waals surface area contributed by atoms with Crippen molar-refractivity contribution in [1.82, 2.24) is 4.98 Å². The highest BCUT2D eigenvalue weighted by Gasteiger charge is 1.93. The summed E-state index contributed by atoms with van der Waals surface area (Å²) in [6.07, 6.45) is 5.92. The van der Waals surface area contributed by atoms with Crippen molar-refractivity contribution in [3.8, 4) is 0 Å². The van der Waals surface area contributed by atoms with Gasteiger partial charge in [-0.05, 0) is 17.7 Å². The maximum Gasteiger partial charge on any atom is 0.0702 e. The molecule has 1 aromatic carbocycles. The first kappa shape index (κ1) is 9.28. The van der Waals surface area contributed by atoms with Gasteiger partial charge in [-0.25, -0.2) is 0 Å². The molecular weight excluding hydrogens is 190 g/mol. The Morgan fingerprint density at radius 3 is 3.00 bits per heavy atom. The number of aromatic nitrogens is 1. The lowest BCUT2D eigenvalue weighted by molar-refractivity contribution is 1.40. The average molecular weight is 201 g/mol. The van der Waals surface area contributed by atoms with E-state index in [2.05, 4.69) is 29.7 Å². The van der Waals surface area contributed by atoms with E-state index >= 15 is 0 Å². The molecular formula is C12H11NS. The fourth-order valence-corrected chi connectivity index (χ4v) is 1.47. The van der Waals surface area contributed by atoms with E-state index in [0.29, 0.717) is 0 Å². The number of hydrogen-bond donors (Lipinski definition) is 1. The predicted octanol–water partition coefficient (Wildman–Crippen LogP) is 3.18. The summed E-state index contributed by atoms with van der Waals surface area (Å²) in [6.45, 7) is 0. The first-order valence-electron chi connectivity index (χ1n) is 4.52. The third-order valence-corrected chi connectivity index (χ3v) is 2.24. The summed E-state index contributed by atoms with van der Waals surface area (Å²) in [4.78, 5) is 4.36. The molecule has 1 aromatic heterocycles. The second-order valence-electron chi connectivity index (χ2n) is 3.05. The lowest BCUT2D eigenvalue weighted by Gasteiger charge is -1.97. The van der Waals surface area contributed by atoms with Crippen LogP contribution >= 0.6 is 12.6 Å². The van der Waals surface area contributed by atoms with Crippen LogP contribution in [0.2, 0.25) is 0 Å². The van der Waals surface area contributed by atoms with Gasteiger partial charge in [0.25, 0.3) is 0 Å². The molecule has 0 bridgehead atoms. The number of thiol groups is 1. The van der Waals surface area contributed by atoms with E-state index in [0.717, 1.165) is 16.8 Å². The van der Waals surface area contributed by atoms with Crippen LogP contribution in [0.25, 0.3) is 17.0 Å². The van der Waals surface area contributed by atoms with Gasteiger partial charge in [-0.2, -0.15) is 12.6 Å². The summed E-state index contributed by atoms with van der Waals surface area (Å²) in [5, 5.41) is 1.17. The molecule has 0 N–H and O–H groups in total. The molecule has 0 aliphatic rings. The van der Waals surface area contributed by atoms with Gasteiger partial charge in [0, 0.05) is 17.3 Å². The van der Waals surface area contributed by atoms with Crippen molar-refractivity contribution >= 4 is 29.6 Å². The van der Waals surface area contributed by atoms with Gasteiger partial charge in [0.1, 0.15) is 0 Å². The molecule has 0 atom stereocenters. The summed E-state index contributed by atoms with van der Waals surface area (Å²) < 4.78 is 0. The van der Waals surface area contributed by atoms with Crippen LogP contribution in [0.4, 0.5) is 0 Å². The fraction of sp³-hybridized carbons (Fsp3) is 0.0833. The summed E-state index contributed by atoms with van der Waals surface area (Å²) in [6, 6.07) is 10.2. The minimum Gasteiger partial charge on any atom is -0.256 e. The molecule has 0 aliphatic heterocycles. The van der Waals surface area contributed by atoms with Crippen LogP contribution < -0.4 is 0 Å². The average Bonchev–Trinajstić information content (AvgIpc) is 2.26. The minimum absolute atomic E-state index is 0.757. The molecule has 14 heavy (non-hydrogen) atoms. The van der Waals surface area contributed by atoms with Gasteiger partial charge in [-0.15, -0.1) is 0 Å². The van der Waals surface area contributed by atoms with Crippen LogP contribution in [0.15, 0.2) is 42.6 Å². The Morgan fingerprint density at radius 2 is 2.14 bits per heavy atom. The van der Waals surface area contributed by atoms with E-state index in [9.17, 15) is 0 Å². The number of pyridine rings is 1. The molecule has 0 amide bonds. The zero-order valence-electron chi connectivity index (χ0n) is 7.72. The van der Waals surface area contributed by atoms with E-state index in [1.165, 1.54) is 5.39 Å². The number of hydrogen-bond acceptors (Lipinski definition) is 2. The van der Waals surface area contributed by atoms with Crippen molar-refractivity contribution in [2.45, 2.75) is 0 Å². The quantitative estimate of drug-likeness (QED) is 0.736. The van der Waals surface area contributed by atoms with Gasteiger partial charge >= 0.3 is 0 Å². The lowest BCUT2D eigenvalue weighted by atomic mass is 10.1. The summed E-state index contributed by atoms with van der Waals surface area (Å²) >= 11 is 4.12. The molecule has 0 spiro atoms. The maximum atomic E-state index is 4.36. The summed E-state index contributed by atoms with van der Waals surface area (Å²) in [7, 11) is 0. The van der Waals surface area contributed by atoms with Gasteiger partial charge in [0.05, 0.1) is 5.52 Å². The van der Waals surface area contributed by atoms with Crippen molar-refractivity contribution in [3.63, 3.8) is 0 Å². The maximum absolute atomic E-state index is 4.36. The first-order chi connectivity index (χ1) is 6.90. The van der Waals surface area contributed by atoms with Crippen molar-refractivity contribution in [2.24, 2.45) is 0 Å². The van der Waals surface area contributed by atoms with Crippen molar-refractivity contribution in [1.29, 1.82) is 0 Å². The number of benzene rings is 1. The van der Waals surface area contributed by atoms with E-state index in [1.54, 1.807) is 0 Å². The largest absolute Gasteiger partial charge is 0.256 e. The normalized spacial score (nSPS) is 11.2. The molecule has 2 rings (SSSR count). The predicted molar refractivity (Wildman–Crippen MR) is 64.6 cm³/mol. The highest BCUT2D eigenvalue weighted by molar-refractivity contribution is 7.80. The van der Waals surface area contributed by atoms with Crippen molar-refractivity contribution in [2.75, 3.05) is 5.75 Å². The highest BCUT2D eigenvalue weighted by Crippen LogP contribution is 2.13. The molecule has 2 aromatic rings. The standard InChI is InChI=1S/C12H11NS/c14-7-3-4-10-8-11-5-1-2-6-12(11)13-9-10/h1-6,8-9,14H,7H2. The zero-order chi connectivity index (χ0) is 9.80. The van der Waals surface area contributed by atoms with Crippen LogP contribution in [0.1, 0.15) is 5.56 Å². The SMILES string of the molecule is SCC=Cc1cnc2ccccc2c1. The molecule has 0 fully saturated rings. The van der Waals surface area contributed by atoms with E-state index < -0.39 is 0 Å². The van der Waals surface area contributed by atoms with Gasteiger partial charge in [0.15, 0.2) is 0 Å². The molecule has 0 saturated heterocycles. The van der Waals surface area contributed by atoms with Crippen LogP contribution in [0.5, 0.6) is 0 Å². The van der Waals surface area contributed by atoms with Gasteiger partial charge in [0.2, 0.25) is 0 Å². The Bertz CT molecular complexity index is 463. The highest BCUT2D eigenvalue weighted by atomic mass is 32.1. The van der Waals surface area contributed by atoms with Crippen LogP contribution in [0.3, 0.4) is 0 Å². The third kappa shape index (κ3) is 1.96. The molecule has 1 heterocycles. The second-order valence-corrected chi connectivity index (χ2v) is 3.41. The number of fused-ring (bicyclic) bond motifs is 1. The van der Waals surface area contributed by atoms with Crippen molar-refractivity contribution in [3.05, 3.63) is 48.2 Å². The van der Waals surface area contributed by atoms with E-state index in [-0.39, 0.29) is 0 Å². The van der Waals surface area contributed by atoms with E-state index in [4.69, 9.17) is 0 Å². The fourth-order valence-electron chi connectivity index (χ4n) is 1.37. The molecule has 0 radical (unpaired) electrons. The monoisotopic (exact) mass is 201 g/mol. The molecule has 70 valence electrons. The Labute approximate surface area is 88.9 Å². The molecule has 0 unspecified atom stereocenters. The second kappa shape index (κ2) is 4.29. The molecule has 0 saturated carbocycles. The lowest BCUT2D eigenvalue weighted by Crippen LogP contribution is -1.80. The first-order valence-corrected chi connectivity index (χ1v) is 5.15. The van der Waals surface area contributed by atoms with Crippen molar-refractivity contribution < 1.29 is 0 Å². The van der Waals surface area contributed by atoms with Crippen LogP contribution in [-0.2, 0) is 0 Å². The number of para-hydroxylation sites is 1. The molecule has 1 nitrogen and oxygen atoms in total. The molecule has 2 heteroatoms. The van der Waals surface area contributed by atoms with Crippen LogP contribution in [-0.4, -0.2) is 10.7 Å². The number of rotatable bonds is 2. The van der Waals surface area contributed by atoms with Gasteiger partial charge < -0.3 is 0 Å². The Hall–Kier alpha value is -1.28. The Balaban J connectivity index is 2.46. The van der Waals surface area contributed by atoms with Gasteiger partial charge in [-0.1, -0.05) is 30.4 Å². The summed E-state index contributed by atoms with van der Waals surface area (Å²) in [5.41, 5.74) is 2.16. The smallest absolute Gasteiger partial charge is 0.0702 e. The zero-order valence-corrected chi connectivity index (χ0v) is 8.61. The minimum atomic E-state index is 0.757. The Morgan fingerprint density at radius 1 is 1.29 bits per heavy atom. The van der Waals surface area contributed by atoms with Gasteiger partial charge in [-0.3, -0.25) is 4.98 Å². The Kier molecular flexibility index (Phi) is 2.84. The number of nitrogens with zero attached hydrogens (tertiary/aromatic N) is 1. The topological polar surface area (TPSA) is 12.9 Å².